The van der Waals surface area contributed by atoms with Crippen molar-refractivity contribution in [3.8, 4) is 5.75 Å². The quantitative estimate of drug-likeness (QED) is 0.394. The average molecular weight is 484 g/mol. The van der Waals surface area contributed by atoms with Crippen LogP contribution in [0.2, 0.25) is 5.02 Å². The molecule has 0 spiro atoms. The third-order valence-electron chi connectivity index (χ3n) is 5.69. The highest BCUT2D eigenvalue weighted by molar-refractivity contribution is 6.31. The largest absolute Gasteiger partial charge is 0.505 e. The van der Waals surface area contributed by atoms with Gasteiger partial charge in [0, 0.05) is 16.3 Å². The summed E-state index contributed by atoms with van der Waals surface area (Å²) in [6.45, 7) is 5.37. The number of nitrogens with zero attached hydrogens (tertiary/aromatic N) is 1. The van der Waals surface area contributed by atoms with Gasteiger partial charge in [0.25, 0.3) is 5.56 Å². The monoisotopic (exact) mass is 483 g/mol. The van der Waals surface area contributed by atoms with Gasteiger partial charge in [-0.3, -0.25) is 9.59 Å². The Kier molecular flexibility index (Phi) is 7.63. The van der Waals surface area contributed by atoms with Gasteiger partial charge in [-0.2, -0.15) is 0 Å². The number of carbonyl (C=O) groups excluding carboxylic acids is 1. The first-order chi connectivity index (χ1) is 16.1. The SMILES string of the molecule is Cc1ccc([C@H](CC(=O)O)NC(=O)Nc2c(O)c(C)c(C)n(Cc3ccccc3Cl)c2=O)cc1. The van der Waals surface area contributed by atoms with Crippen molar-refractivity contribution in [3.05, 3.63) is 91.9 Å². The fraction of sp³-hybridized carbons (Fsp3) is 0.240. The molecule has 3 aromatic rings. The van der Waals surface area contributed by atoms with Crippen molar-refractivity contribution < 1.29 is 19.8 Å². The third kappa shape index (κ3) is 5.58. The van der Waals surface area contributed by atoms with Crippen molar-refractivity contribution in [3.63, 3.8) is 0 Å². The molecular weight excluding hydrogens is 458 g/mol. The van der Waals surface area contributed by atoms with Crippen molar-refractivity contribution in [1.29, 1.82) is 0 Å². The lowest BCUT2D eigenvalue weighted by molar-refractivity contribution is -0.137. The number of carbonyl (C=O) groups is 2. The van der Waals surface area contributed by atoms with Gasteiger partial charge in [0.1, 0.15) is 5.75 Å². The summed E-state index contributed by atoms with van der Waals surface area (Å²) in [4.78, 5) is 37.3. The molecule has 4 N–H and O–H groups in total. The summed E-state index contributed by atoms with van der Waals surface area (Å²) in [5.74, 6) is -1.44. The van der Waals surface area contributed by atoms with Crippen LogP contribution < -0.4 is 16.2 Å². The van der Waals surface area contributed by atoms with Crippen LogP contribution in [0.3, 0.4) is 0 Å². The molecule has 3 rings (SSSR count). The fourth-order valence-electron chi connectivity index (χ4n) is 3.58. The molecule has 34 heavy (non-hydrogen) atoms. The maximum absolute atomic E-state index is 13.2. The van der Waals surface area contributed by atoms with Crippen LogP contribution in [0.1, 0.15) is 40.4 Å². The van der Waals surface area contributed by atoms with Crippen LogP contribution in [0, 0.1) is 20.8 Å². The molecule has 0 saturated carbocycles. The predicted octanol–water partition coefficient (Wildman–Crippen LogP) is 4.52. The van der Waals surface area contributed by atoms with E-state index < -0.39 is 23.6 Å². The number of carboxylic acids is 1. The molecule has 8 nitrogen and oxygen atoms in total. The number of urea groups is 1. The highest BCUT2D eigenvalue weighted by Gasteiger charge is 2.22. The topological polar surface area (TPSA) is 121 Å². The highest BCUT2D eigenvalue weighted by atomic mass is 35.5. The Morgan fingerprint density at radius 3 is 2.32 bits per heavy atom. The molecule has 0 fully saturated rings. The summed E-state index contributed by atoms with van der Waals surface area (Å²) in [6, 6.07) is 12.5. The van der Waals surface area contributed by atoms with Gasteiger partial charge < -0.3 is 25.4 Å². The normalized spacial score (nSPS) is 11.6. The Hall–Kier alpha value is -3.78. The molecule has 0 unspecified atom stereocenters. The van der Waals surface area contributed by atoms with E-state index >= 15 is 0 Å². The number of benzene rings is 2. The number of aryl methyl sites for hydroxylation is 1. The molecule has 0 bridgehead atoms. The van der Waals surface area contributed by atoms with Gasteiger partial charge in [-0.1, -0.05) is 59.6 Å². The molecule has 1 atom stereocenters. The van der Waals surface area contributed by atoms with Crippen LogP contribution >= 0.6 is 11.6 Å². The highest BCUT2D eigenvalue weighted by Crippen LogP contribution is 2.27. The minimum absolute atomic E-state index is 0.146. The van der Waals surface area contributed by atoms with E-state index in [9.17, 15) is 24.6 Å². The standard InChI is InChI=1S/C25H26ClN3O5/c1-14-8-10-17(11-9-14)20(12-21(30)31)27-25(34)28-22-23(32)15(2)16(3)29(24(22)33)13-18-6-4-5-7-19(18)26/h4-11,20,32H,12-13H2,1-3H3,(H,30,31)(H2,27,28,34)/t20-/m0/s1. The van der Waals surface area contributed by atoms with Crippen LogP contribution in [0.4, 0.5) is 10.5 Å². The summed E-state index contributed by atoms with van der Waals surface area (Å²) >= 11 is 6.25. The molecular formula is C25H26ClN3O5. The average Bonchev–Trinajstić information content (AvgIpc) is 2.79. The van der Waals surface area contributed by atoms with E-state index in [0.717, 1.165) is 5.56 Å². The zero-order valence-corrected chi connectivity index (χ0v) is 19.8. The number of pyridine rings is 1. The second-order valence-electron chi connectivity index (χ2n) is 8.08. The molecule has 9 heteroatoms. The fourth-order valence-corrected chi connectivity index (χ4v) is 3.78. The zero-order valence-electron chi connectivity index (χ0n) is 19.1. The van der Waals surface area contributed by atoms with Gasteiger partial charge in [0.05, 0.1) is 19.0 Å². The van der Waals surface area contributed by atoms with E-state index in [2.05, 4.69) is 10.6 Å². The number of amides is 2. The van der Waals surface area contributed by atoms with Gasteiger partial charge in [-0.15, -0.1) is 0 Å². The van der Waals surface area contributed by atoms with E-state index in [1.54, 1.807) is 50.2 Å². The van der Waals surface area contributed by atoms with Crippen LogP contribution in [-0.4, -0.2) is 26.8 Å². The number of aromatic hydroxyl groups is 1. The Morgan fingerprint density at radius 1 is 1.06 bits per heavy atom. The number of hydrogen-bond donors (Lipinski definition) is 4. The van der Waals surface area contributed by atoms with Crippen LogP contribution in [-0.2, 0) is 11.3 Å². The maximum Gasteiger partial charge on any atom is 0.319 e. The number of rotatable bonds is 7. The van der Waals surface area contributed by atoms with E-state index in [4.69, 9.17) is 11.6 Å². The first-order valence-electron chi connectivity index (χ1n) is 10.6. The summed E-state index contributed by atoms with van der Waals surface area (Å²) < 4.78 is 1.42. The molecule has 0 saturated heterocycles. The second kappa shape index (κ2) is 10.4. The van der Waals surface area contributed by atoms with Gasteiger partial charge >= 0.3 is 12.0 Å². The minimum Gasteiger partial charge on any atom is -0.505 e. The first-order valence-corrected chi connectivity index (χ1v) is 11.0. The lowest BCUT2D eigenvalue weighted by atomic mass is 10.0. The summed E-state index contributed by atoms with van der Waals surface area (Å²) in [6.07, 6.45) is -0.355. The van der Waals surface area contributed by atoms with Crippen LogP contribution in [0.15, 0.2) is 53.3 Å². The Morgan fingerprint density at radius 2 is 1.71 bits per heavy atom. The molecule has 178 valence electrons. The number of aliphatic carboxylic acids is 1. The smallest absolute Gasteiger partial charge is 0.319 e. The van der Waals surface area contributed by atoms with Crippen molar-refractivity contribution in [1.82, 2.24) is 9.88 Å². The van der Waals surface area contributed by atoms with E-state index in [0.29, 0.717) is 27.4 Å². The Bertz CT molecular complexity index is 1280. The second-order valence-corrected chi connectivity index (χ2v) is 8.48. The number of nitrogens with one attached hydrogen (secondary N) is 2. The van der Waals surface area contributed by atoms with Crippen molar-refractivity contribution in [2.45, 2.75) is 39.8 Å². The van der Waals surface area contributed by atoms with Gasteiger partial charge in [-0.05, 0) is 38.0 Å². The number of anilines is 1. The van der Waals surface area contributed by atoms with Crippen molar-refractivity contribution >= 4 is 29.3 Å². The number of aromatic nitrogens is 1. The van der Waals surface area contributed by atoms with Gasteiger partial charge in [-0.25, -0.2) is 4.79 Å². The minimum atomic E-state index is -1.10. The van der Waals surface area contributed by atoms with E-state index in [1.807, 2.05) is 19.1 Å². The van der Waals surface area contributed by atoms with Gasteiger partial charge in [0.15, 0.2) is 5.69 Å². The third-order valence-corrected chi connectivity index (χ3v) is 6.06. The predicted molar refractivity (Wildman–Crippen MR) is 131 cm³/mol. The number of halogens is 1. The lowest BCUT2D eigenvalue weighted by Gasteiger charge is -2.20. The van der Waals surface area contributed by atoms with Crippen LogP contribution in [0.5, 0.6) is 5.75 Å². The molecule has 1 aromatic heterocycles. The summed E-state index contributed by atoms with van der Waals surface area (Å²) in [5.41, 5.74) is 2.33. The van der Waals surface area contributed by atoms with Crippen molar-refractivity contribution in [2.24, 2.45) is 0 Å². The molecule has 2 aromatic carbocycles. The molecule has 0 aliphatic rings. The molecule has 0 aliphatic carbocycles. The van der Waals surface area contributed by atoms with Crippen LogP contribution in [0.25, 0.3) is 0 Å². The van der Waals surface area contributed by atoms with Crippen molar-refractivity contribution in [2.75, 3.05) is 5.32 Å². The maximum atomic E-state index is 13.2. The lowest BCUT2D eigenvalue weighted by Crippen LogP contribution is -2.36. The first kappa shape index (κ1) is 24.9. The molecule has 0 radical (unpaired) electrons. The zero-order chi connectivity index (χ0) is 25.0. The number of carboxylic acid groups (broad SMARTS) is 1. The summed E-state index contributed by atoms with van der Waals surface area (Å²) in [5, 5.41) is 25.4. The Labute approximate surface area is 201 Å². The summed E-state index contributed by atoms with van der Waals surface area (Å²) in [7, 11) is 0. The van der Waals surface area contributed by atoms with Gasteiger partial charge in [0.2, 0.25) is 0 Å². The molecule has 0 aliphatic heterocycles. The number of hydrogen-bond acceptors (Lipinski definition) is 4. The van der Waals surface area contributed by atoms with E-state index in [-0.39, 0.29) is 24.4 Å². The van der Waals surface area contributed by atoms with E-state index in [1.165, 1.54) is 4.57 Å². The molecule has 1 heterocycles. The molecule has 2 amide bonds. The Balaban J connectivity index is 1.91.